The smallest absolute Gasteiger partial charge is 0.110 e. The van der Waals surface area contributed by atoms with Gasteiger partial charge in [-0.25, -0.2) is 0 Å². The summed E-state index contributed by atoms with van der Waals surface area (Å²) in [6.45, 7) is 8.66. The molecule has 0 aromatic heterocycles. The van der Waals surface area contributed by atoms with E-state index in [1.807, 2.05) is 0 Å². The third kappa shape index (κ3) is 3.70. The van der Waals surface area contributed by atoms with E-state index in [4.69, 9.17) is 0 Å². The Labute approximate surface area is 113 Å². The van der Waals surface area contributed by atoms with Crippen molar-refractivity contribution < 1.29 is 0 Å². The van der Waals surface area contributed by atoms with Crippen molar-refractivity contribution in [1.82, 2.24) is 10.2 Å². The third-order valence-corrected chi connectivity index (χ3v) is 4.28. The summed E-state index contributed by atoms with van der Waals surface area (Å²) in [5.74, 6) is 1.72. The molecule has 104 valence electrons. The molecule has 3 atom stereocenters. The Morgan fingerprint density at radius 2 is 2.06 bits per heavy atom. The molecule has 0 aliphatic heterocycles. The molecule has 1 N–H and O–H groups in total. The van der Waals surface area contributed by atoms with E-state index in [1.54, 1.807) is 0 Å². The van der Waals surface area contributed by atoms with Gasteiger partial charge in [-0.05, 0) is 44.7 Å². The van der Waals surface area contributed by atoms with E-state index in [-0.39, 0.29) is 5.54 Å². The lowest BCUT2D eigenvalue weighted by Gasteiger charge is -2.44. The highest BCUT2D eigenvalue weighted by atomic mass is 15.1. The highest BCUT2D eigenvalue weighted by Gasteiger charge is 2.44. The number of rotatable bonds is 5. The Hall–Kier alpha value is -0.590. The molecular weight excluding hydrogens is 222 g/mol. The lowest BCUT2D eigenvalue weighted by molar-refractivity contribution is 0.117. The summed E-state index contributed by atoms with van der Waals surface area (Å²) in [7, 11) is 4.15. The molecular formula is C15H29N3. The summed E-state index contributed by atoms with van der Waals surface area (Å²) < 4.78 is 0. The van der Waals surface area contributed by atoms with Crippen molar-refractivity contribution in [1.29, 1.82) is 5.26 Å². The molecule has 3 unspecified atom stereocenters. The first-order chi connectivity index (χ1) is 8.41. The Morgan fingerprint density at radius 1 is 1.39 bits per heavy atom. The van der Waals surface area contributed by atoms with Gasteiger partial charge >= 0.3 is 0 Å². The van der Waals surface area contributed by atoms with Crippen LogP contribution in [0, 0.1) is 29.1 Å². The van der Waals surface area contributed by atoms with E-state index in [9.17, 15) is 5.26 Å². The molecule has 0 spiro atoms. The minimum atomic E-state index is -0.304. The Bertz CT molecular complexity index is 293. The van der Waals surface area contributed by atoms with Gasteiger partial charge in [-0.15, -0.1) is 0 Å². The summed E-state index contributed by atoms with van der Waals surface area (Å²) >= 11 is 0. The van der Waals surface area contributed by atoms with E-state index < -0.39 is 0 Å². The zero-order valence-corrected chi connectivity index (χ0v) is 12.7. The lowest BCUT2D eigenvalue weighted by Crippen LogP contribution is -2.56. The van der Waals surface area contributed by atoms with Crippen LogP contribution in [0.1, 0.15) is 40.0 Å². The van der Waals surface area contributed by atoms with Gasteiger partial charge in [0.05, 0.1) is 6.07 Å². The number of likely N-dealkylation sites (N-methyl/N-ethyl adjacent to an activating group) is 1. The van der Waals surface area contributed by atoms with Gasteiger partial charge in [0.1, 0.15) is 5.54 Å². The predicted molar refractivity (Wildman–Crippen MR) is 76.2 cm³/mol. The van der Waals surface area contributed by atoms with Crippen LogP contribution in [-0.4, -0.2) is 37.6 Å². The number of nitrogens with one attached hydrogen (secondary N) is 1. The maximum atomic E-state index is 9.72. The van der Waals surface area contributed by atoms with Crippen LogP contribution in [-0.2, 0) is 0 Å². The van der Waals surface area contributed by atoms with Crippen molar-refractivity contribution in [3.05, 3.63) is 0 Å². The van der Waals surface area contributed by atoms with E-state index in [1.165, 1.54) is 12.8 Å². The zero-order valence-electron chi connectivity index (χ0n) is 12.7. The minimum Gasteiger partial charge on any atom is -0.308 e. The minimum absolute atomic E-state index is 0.304. The van der Waals surface area contributed by atoms with Gasteiger partial charge in [-0.1, -0.05) is 27.2 Å². The summed E-state index contributed by atoms with van der Waals surface area (Å²) in [5.41, 5.74) is -0.304. The fourth-order valence-corrected chi connectivity index (χ4v) is 3.29. The first kappa shape index (κ1) is 15.5. The van der Waals surface area contributed by atoms with E-state index in [0.717, 1.165) is 19.5 Å². The topological polar surface area (TPSA) is 39.1 Å². The molecule has 1 fully saturated rings. The Balaban J connectivity index is 2.75. The monoisotopic (exact) mass is 251 g/mol. The maximum absolute atomic E-state index is 9.72. The molecule has 0 bridgehead atoms. The molecule has 1 aliphatic rings. The molecule has 3 heteroatoms. The largest absolute Gasteiger partial charge is 0.308 e. The number of nitrogens with zero attached hydrogens (tertiary/aromatic N) is 2. The van der Waals surface area contributed by atoms with Gasteiger partial charge in [-0.2, -0.15) is 5.26 Å². The van der Waals surface area contributed by atoms with E-state index in [2.05, 4.69) is 51.2 Å². The van der Waals surface area contributed by atoms with Gasteiger partial charge in [-0.3, -0.25) is 5.32 Å². The number of nitriles is 1. The molecule has 0 amide bonds. The quantitative estimate of drug-likeness (QED) is 0.816. The Kier molecular flexibility index (Phi) is 5.62. The molecule has 1 aliphatic carbocycles. The number of hydrogen-bond acceptors (Lipinski definition) is 3. The van der Waals surface area contributed by atoms with E-state index in [0.29, 0.717) is 17.8 Å². The zero-order chi connectivity index (χ0) is 13.8. The average Bonchev–Trinajstić information content (AvgIpc) is 2.28. The van der Waals surface area contributed by atoms with Crippen molar-refractivity contribution >= 4 is 0 Å². The van der Waals surface area contributed by atoms with Crippen molar-refractivity contribution in [2.24, 2.45) is 17.8 Å². The molecule has 0 radical (unpaired) electrons. The van der Waals surface area contributed by atoms with Gasteiger partial charge in [0.15, 0.2) is 0 Å². The molecule has 1 saturated carbocycles. The molecule has 0 saturated heterocycles. The summed E-state index contributed by atoms with van der Waals surface area (Å²) in [6, 6.07) is 2.62. The van der Waals surface area contributed by atoms with Gasteiger partial charge in [0.2, 0.25) is 0 Å². The van der Waals surface area contributed by atoms with Crippen LogP contribution in [0.15, 0.2) is 0 Å². The third-order valence-electron chi connectivity index (χ3n) is 4.28. The predicted octanol–water partition coefficient (Wildman–Crippen LogP) is 2.49. The molecule has 3 nitrogen and oxygen atoms in total. The van der Waals surface area contributed by atoms with Crippen molar-refractivity contribution in [2.45, 2.75) is 45.6 Å². The molecule has 1 rings (SSSR count). The number of hydrogen-bond donors (Lipinski definition) is 1. The van der Waals surface area contributed by atoms with Crippen LogP contribution in [0.25, 0.3) is 0 Å². The van der Waals surface area contributed by atoms with Crippen molar-refractivity contribution in [3.8, 4) is 6.07 Å². The first-order valence-electron chi connectivity index (χ1n) is 7.22. The van der Waals surface area contributed by atoms with Crippen LogP contribution in [0.4, 0.5) is 0 Å². The highest BCUT2D eigenvalue weighted by molar-refractivity contribution is 5.14. The summed E-state index contributed by atoms with van der Waals surface area (Å²) in [4.78, 5) is 2.16. The summed E-state index contributed by atoms with van der Waals surface area (Å²) in [5, 5.41) is 13.3. The second-order valence-electron chi connectivity index (χ2n) is 6.55. The van der Waals surface area contributed by atoms with Crippen LogP contribution in [0.3, 0.4) is 0 Å². The SMILES string of the molecule is CC1CCC(C(C)C)C(C#N)(NCCN(C)C)C1. The molecule has 18 heavy (non-hydrogen) atoms. The van der Waals surface area contributed by atoms with Crippen molar-refractivity contribution in [2.75, 3.05) is 27.2 Å². The standard InChI is InChI=1S/C15H29N3/c1-12(2)14-7-6-13(3)10-15(14,11-16)17-8-9-18(4)5/h12-14,17H,6-10H2,1-5H3. The molecule has 0 aromatic rings. The first-order valence-corrected chi connectivity index (χ1v) is 7.22. The molecule has 0 aromatic carbocycles. The highest BCUT2D eigenvalue weighted by Crippen LogP contribution is 2.40. The van der Waals surface area contributed by atoms with Crippen molar-refractivity contribution in [3.63, 3.8) is 0 Å². The second kappa shape index (κ2) is 6.54. The van der Waals surface area contributed by atoms with E-state index >= 15 is 0 Å². The van der Waals surface area contributed by atoms with Gasteiger partial charge < -0.3 is 4.90 Å². The van der Waals surface area contributed by atoms with Gasteiger partial charge in [0, 0.05) is 13.1 Å². The average molecular weight is 251 g/mol. The van der Waals surface area contributed by atoms with Gasteiger partial charge in [0.25, 0.3) is 0 Å². The fraction of sp³-hybridized carbons (Fsp3) is 0.933. The van der Waals surface area contributed by atoms with Crippen LogP contribution in [0.5, 0.6) is 0 Å². The van der Waals surface area contributed by atoms with Crippen LogP contribution >= 0.6 is 0 Å². The maximum Gasteiger partial charge on any atom is 0.110 e. The Morgan fingerprint density at radius 3 is 2.56 bits per heavy atom. The normalized spacial score (nSPS) is 32.8. The second-order valence-corrected chi connectivity index (χ2v) is 6.55. The summed E-state index contributed by atoms with van der Waals surface area (Å²) in [6.07, 6.45) is 3.45. The van der Waals surface area contributed by atoms with Crippen LogP contribution in [0.2, 0.25) is 0 Å². The lowest BCUT2D eigenvalue weighted by atomic mass is 9.65. The fourth-order valence-electron chi connectivity index (χ4n) is 3.29. The molecule has 0 heterocycles. The van der Waals surface area contributed by atoms with Crippen LogP contribution < -0.4 is 5.32 Å².